The second kappa shape index (κ2) is 10.9. The molecule has 1 fully saturated rings. The van der Waals surface area contributed by atoms with E-state index >= 15 is 0 Å². The standard InChI is InChI=1S/C29H32BrN5O/c1-20-26(30)19-27-29(31-20)35(28(33-27)23-8-4-3-5-9-23)15-7-14-34-16-12-22(13-17-34)24-10-6-11-25(18-24)32-21(2)36/h3-6,8-11,18-19,22H,7,12-17H2,1-2H3,(H,32,36). The molecule has 1 amide bonds. The number of benzene rings is 2. The SMILES string of the molecule is CC(=O)Nc1cccc(C2CCN(CCCn3c(-c4ccccc4)nc4cc(Br)c(C)nc43)CC2)c1. The molecule has 2 aromatic carbocycles. The predicted molar refractivity (Wildman–Crippen MR) is 149 cm³/mol. The van der Waals surface area contributed by atoms with Crippen molar-refractivity contribution >= 4 is 38.7 Å². The Bertz CT molecular complexity index is 1360. The molecular weight excluding hydrogens is 514 g/mol. The number of anilines is 1. The number of fused-ring (bicyclic) bond motifs is 1. The minimum Gasteiger partial charge on any atom is -0.326 e. The third-order valence-electron chi connectivity index (χ3n) is 7.00. The number of hydrogen-bond donors (Lipinski definition) is 1. The minimum absolute atomic E-state index is 0.0268. The number of nitrogens with one attached hydrogen (secondary N) is 1. The van der Waals surface area contributed by atoms with Crippen molar-refractivity contribution in [1.29, 1.82) is 0 Å². The Hall–Kier alpha value is -3.03. The van der Waals surface area contributed by atoms with E-state index in [9.17, 15) is 4.79 Å². The molecule has 0 spiro atoms. The Morgan fingerprint density at radius 3 is 2.56 bits per heavy atom. The fourth-order valence-electron chi connectivity index (χ4n) is 5.15. The lowest BCUT2D eigenvalue weighted by Crippen LogP contribution is -2.34. The smallest absolute Gasteiger partial charge is 0.221 e. The number of hydrogen-bond acceptors (Lipinski definition) is 4. The molecule has 1 aliphatic rings. The van der Waals surface area contributed by atoms with Crippen molar-refractivity contribution in [3.8, 4) is 11.4 Å². The number of likely N-dealkylation sites (tertiary alicyclic amines) is 1. The zero-order valence-electron chi connectivity index (χ0n) is 20.9. The largest absolute Gasteiger partial charge is 0.326 e. The van der Waals surface area contributed by atoms with Gasteiger partial charge in [0.05, 0.1) is 5.69 Å². The summed E-state index contributed by atoms with van der Waals surface area (Å²) in [6.45, 7) is 7.70. The van der Waals surface area contributed by atoms with Gasteiger partial charge >= 0.3 is 0 Å². The highest BCUT2D eigenvalue weighted by atomic mass is 79.9. The van der Waals surface area contributed by atoms with Gasteiger partial charge in [-0.1, -0.05) is 42.5 Å². The second-order valence-corrected chi connectivity index (χ2v) is 10.5. The Labute approximate surface area is 220 Å². The van der Waals surface area contributed by atoms with Gasteiger partial charge in [0.1, 0.15) is 11.3 Å². The second-order valence-electron chi connectivity index (χ2n) is 9.63. The summed E-state index contributed by atoms with van der Waals surface area (Å²) < 4.78 is 3.27. The average Bonchev–Trinajstić information content (AvgIpc) is 3.22. The third kappa shape index (κ3) is 5.52. The molecule has 6 nitrogen and oxygen atoms in total. The molecule has 3 heterocycles. The van der Waals surface area contributed by atoms with Gasteiger partial charge in [0.15, 0.2) is 5.65 Å². The van der Waals surface area contributed by atoms with Crippen LogP contribution in [0, 0.1) is 6.92 Å². The first-order valence-corrected chi connectivity index (χ1v) is 13.5. The highest BCUT2D eigenvalue weighted by Gasteiger charge is 2.21. The van der Waals surface area contributed by atoms with Crippen LogP contribution in [0.15, 0.2) is 65.1 Å². The Kier molecular flexibility index (Phi) is 7.48. The van der Waals surface area contributed by atoms with E-state index in [0.717, 1.165) is 83.8 Å². The fraction of sp³-hybridized carbons (Fsp3) is 0.345. The molecule has 0 radical (unpaired) electrons. The maximum absolute atomic E-state index is 11.4. The van der Waals surface area contributed by atoms with Gasteiger partial charge in [-0.15, -0.1) is 0 Å². The van der Waals surface area contributed by atoms with E-state index in [2.05, 4.69) is 73.2 Å². The number of piperidine rings is 1. The van der Waals surface area contributed by atoms with Crippen LogP contribution in [0.3, 0.4) is 0 Å². The van der Waals surface area contributed by atoms with Crippen molar-refractivity contribution in [1.82, 2.24) is 19.4 Å². The average molecular weight is 547 g/mol. The summed E-state index contributed by atoms with van der Waals surface area (Å²) in [4.78, 5) is 23.8. The number of rotatable bonds is 7. The topological polar surface area (TPSA) is 63.1 Å². The molecule has 0 aliphatic carbocycles. The number of carbonyl (C=O) groups is 1. The molecule has 0 unspecified atom stereocenters. The molecule has 4 aromatic rings. The summed E-state index contributed by atoms with van der Waals surface area (Å²) in [5, 5.41) is 2.91. The molecule has 1 aliphatic heterocycles. The molecule has 0 bridgehead atoms. The minimum atomic E-state index is -0.0268. The van der Waals surface area contributed by atoms with Gasteiger partial charge in [-0.05, 0) is 91.4 Å². The normalized spacial score (nSPS) is 14.9. The summed E-state index contributed by atoms with van der Waals surface area (Å²) >= 11 is 3.61. The lowest BCUT2D eigenvalue weighted by molar-refractivity contribution is -0.114. The van der Waals surface area contributed by atoms with Crippen molar-refractivity contribution < 1.29 is 4.79 Å². The molecule has 186 valence electrons. The fourth-order valence-corrected chi connectivity index (χ4v) is 5.46. The number of pyridine rings is 1. The third-order valence-corrected chi connectivity index (χ3v) is 7.81. The van der Waals surface area contributed by atoms with Crippen LogP contribution >= 0.6 is 15.9 Å². The number of nitrogens with zero attached hydrogens (tertiary/aromatic N) is 4. The van der Waals surface area contributed by atoms with Gasteiger partial charge in [-0.25, -0.2) is 9.97 Å². The van der Waals surface area contributed by atoms with Gasteiger partial charge < -0.3 is 14.8 Å². The van der Waals surface area contributed by atoms with Gasteiger partial charge in [0, 0.05) is 29.2 Å². The van der Waals surface area contributed by atoms with E-state index in [1.165, 1.54) is 5.56 Å². The van der Waals surface area contributed by atoms with Gasteiger partial charge in [-0.3, -0.25) is 4.79 Å². The van der Waals surface area contributed by atoms with Gasteiger partial charge in [-0.2, -0.15) is 0 Å². The maximum Gasteiger partial charge on any atom is 0.221 e. The van der Waals surface area contributed by atoms with E-state index in [-0.39, 0.29) is 5.91 Å². The summed E-state index contributed by atoms with van der Waals surface area (Å²) in [6, 6.07) is 20.8. The van der Waals surface area contributed by atoms with Crippen molar-refractivity contribution in [3.63, 3.8) is 0 Å². The lowest BCUT2D eigenvalue weighted by atomic mass is 9.89. The van der Waals surface area contributed by atoms with Crippen LogP contribution < -0.4 is 5.32 Å². The molecule has 1 N–H and O–H groups in total. The van der Waals surface area contributed by atoms with E-state index < -0.39 is 0 Å². The zero-order chi connectivity index (χ0) is 25.1. The molecule has 5 rings (SSSR count). The van der Waals surface area contributed by atoms with Crippen LogP contribution in [0.5, 0.6) is 0 Å². The van der Waals surface area contributed by atoms with E-state index in [4.69, 9.17) is 9.97 Å². The van der Waals surface area contributed by atoms with Crippen LogP contribution in [0.1, 0.15) is 43.4 Å². The number of aromatic nitrogens is 3. The Morgan fingerprint density at radius 1 is 1.03 bits per heavy atom. The van der Waals surface area contributed by atoms with E-state index in [0.29, 0.717) is 5.92 Å². The van der Waals surface area contributed by atoms with Crippen LogP contribution in [-0.2, 0) is 11.3 Å². The molecule has 0 saturated carbocycles. The van der Waals surface area contributed by atoms with Gasteiger partial charge in [0.25, 0.3) is 0 Å². The van der Waals surface area contributed by atoms with Crippen molar-refractivity contribution in [2.45, 2.75) is 45.6 Å². The molecular formula is C29H32BrN5O. The number of halogens is 1. The first-order chi connectivity index (χ1) is 17.5. The van der Waals surface area contributed by atoms with Crippen LogP contribution in [0.4, 0.5) is 5.69 Å². The van der Waals surface area contributed by atoms with Gasteiger partial charge in [0.2, 0.25) is 5.91 Å². The predicted octanol–water partition coefficient (Wildman–Crippen LogP) is 6.40. The first kappa shape index (κ1) is 24.7. The maximum atomic E-state index is 11.4. The van der Waals surface area contributed by atoms with Crippen LogP contribution in [0.2, 0.25) is 0 Å². The van der Waals surface area contributed by atoms with Crippen molar-refractivity contribution in [3.05, 3.63) is 76.4 Å². The molecule has 2 aromatic heterocycles. The van der Waals surface area contributed by atoms with Crippen molar-refractivity contribution in [2.75, 3.05) is 25.0 Å². The number of aryl methyl sites for hydroxylation is 2. The van der Waals surface area contributed by atoms with Crippen LogP contribution in [0.25, 0.3) is 22.6 Å². The number of imidazole rings is 1. The van der Waals surface area contributed by atoms with E-state index in [1.807, 2.05) is 25.1 Å². The first-order valence-electron chi connectivity index (χ1n) is 12.7. The molecule has 36 heavy (non-hydrogen) atoms. The molecule has 0 atom stereocenters. The van der Waals surface area contributed by atoms with Crippen LogP contribution in [-0.4, -0.2) is 45.0 Å². The monoisotopic (exact) mass is 545 g/mol. The Balaban J connectivity index is 1.24. The van der Waals surface area contributed by atoms with E-state index in [1.54, 1.807) is 6.92 Å². The van der Waals surface area contributed by atoms with Crippen molar-refractivity contribution in [2.24, 2.45) is 0 Å². The number of amides is 1. The molecule has 1 saturated heterocycles. The molecule has 7 heteroatoms. The zero-order valence-corrected chi connectivity index (χ0v) is 22.5. The highest BCUT2D eigenvalue weighted by molar-refractivity contribution is 9.10. The highest BCUT2D eigenvalue weighted by Crippen LogP contribution is 2.30. The summed E-state index contributed by atoms with van der Waals surface area (Å²) in [7, 11) is 0. The lowest BCUT2D eigenvalue weighted by Gasteiger charge is -2.32. The summed E-state index contributed by atoms with van der Waals surface area (Å²) in [6.07, 6.45) is 3.33. The summed E-state index contributed by atoms with van der Waals surface area (Å²) in [5.74, 6) is 1.50. The number of carbonyl (C=O) groups excluding carboxylic acids is 1. The quantitative estimate of drug-likeness (QED) is 0.292. The summed E-state index contributed by atoms with van der Waals surface area (Å²) in [5.41, 5.74) is 6.19. The Morgan fingerprint density at radius 2 is 1.81 bits per heavy atom.